The monoisotopic (exact) mass is 221 g/mol. The molecule has 1 rings (SSSR count). The van der Waals surface area contributed by atoms with E-state index in [1.54, 1.807) is 6.07 Å². The first-order valence-corrected chi connectivity index (χ1v) is 5.72. The van der Waals surface area contributed by atoms with Gasteiger partial charge in [-0.3, -0.25) is 0 Å². The third-order valence-corrected chi connectivity index (χ3v) is 2.46. The Morgan fingerprint density at radius 2 is 1.31 bits per heavy atom. The van der Waals surface area contributed by atoms with Gasteiger partial charge in [0, 0.05) is 11.1 Å². The minimum Gasteiger partial charge on any atom is -0.506 e. The third-order valence-electron chi connectivity index (χ3n) is 2.46. The van der Waals surface area contributed by atoms with E-state index in [1.807, 2.05) is 18.2 Å². The summed E-state index contributed by atoms with van der Waals surface area (Å²) in [5.74, 6) is 0.340. The van der Waals surface area contributed by atoms with E-state index in [0.717, 1.165) is 5.69 Å². The molecule has 0 aromatic heterocycles. The molecule has 0 aliphatic carbocycles. The van der Waals surface area contributed by atoms with Crippen molar-refractivity contribution in [3.8, 4) is 5.75 Å². The zero-order chi connectivity index (χ0) is 12.6. The van der Waals surface area contributed by atoms with Crippen LogP contribution in [0.5, 0.6) is 5.75 Å². The van der Waals surface area contributed by atoms with Gasteiger partial charge >= 0.3 is 0 Å². The van der Waals surface area contributed by atoms with Crippen molar-refractivity contribution in [1.82, 2.24) is 0 Å². The third kappa shape index (κ3) is 2.69. The minimum atomic E-state index is -0.0307. The molecule has 1 N–H and O–H groups in total. The van der Waals surface area contributed by atoms with Crippen LogP contribution in [0.3, 0.4) is 0 Å². The van der Waals surface area contributed by atoms with Crippen molar-refractivity contribution < 1.29 is 5.11 Å². The second kappa shape index (κ2) is 4.00. The molecule has 0 atom stereocenters. The fourth-order valence-corrected chi connectivity index (χ4v) is 2.38. The van der Waals surface area contributed by atoms with Gasteiger partial charge in [-0.05, 0) is 53.7 Å². The average Bonchev–Trinajstić information content (AvgIpc) is 2.03. The normalized spacial score (nSPS) is 12.6. The number of aromatic hydroxyl groups is 1. The van der Waals surface area contributed by atoms with Crippen LogP contribution in [-0.4, -0.2) is 16.2 Å². The van der Waals surface area contributed by atoms with Crippen LogP contribution in [0, 0.1) is 0 Å². The Morgan fingerprint density at radius 3 is 1.69 bits per heavy atom. The molecule has 90 valence electrons. The van der Waals surface area contributed by atoms with E-state index in [-0.39, 0.29) is 11.1 Å². The van der Waals surface area contributed by atoms with Gasteiger partial charge in [0.2, 0.25) is 0 Å². The summed E-state index contributed by atoms with van der Waals surface area (Å²) in [5, 5.41) is 9.97. The summed E-state index contributed by atoms with van der Waals surface area (Å²) in [4.78, 5) is 2.25. The second-order valence-corrected chi connectivity index (χ2v) is 6.17. The van der Waals surface area contributed by atoms with E-state index in [4.69, 9.17) is 0 Å². The molecular weight excluding hydrogens is 198 g/mol. The Morgan fingerprint density at radius 1 is 0.875 bits per heavy atom. The van der Waals surface area contributed by atoms with E-state index < -0.39 is 0 Å². The van der Waals surface area contributed by atoms with Crippen molar-refractivity contribution in [3.63, 3.8) is 0 Å². The maximum Gasteiger partial charge on any atom is 0.138 e. The molecule has 1 aromatic rings. The molecule has 2 heteroatoms. The number of phenolic OH excluding ortho intramolecular Hbond substituents is 1. The van der Waals surface area contributed by atoms with Crippen molar-refractivity contribution in [2.75, 3.05) is 4.90 Å². The number of anilines is 1. The summed E-state index contributed by atoms with van der Waals surface area (Å²) in [5.41, 5.74) is 0.830. The highest BCUT2D eigenvalue weighted by Gasteiger charge is 2.32. The van der Waals surface area contributed by atoms with Crippen molar-refractivity contribution in [1.29, 1.82) is 0 Å². The van der Waals surface area contributed by atoms with E-state index >= 15 is 0 Å². The first-order valence-electron chi connectivity index (χ1n) is 5.72. The van der Waals surface area contributed by atoms with Gasteiger partial charge in [-0.25, -0.2) is 0 Å². The number of para-hydroxylation sites is 2. The Bertz CT molecular complexity index is 344. The number of hydrogen-bond donors (Lipinski definition) is 1. The Labute approximate surface area is 98.9 Å². The predicted molar refractivity (Wildman–Crippen MR) is 70.1 cm³/mol. The lowest BCUT2D eigenvalue weighted by atomic mass is 9.94. The highest BCUT2D eigenvalue weighted by Crippen LogP contribution is 2.37. The van der Waals surface area contributed by atoms with Crippen LogP contribution in [0.15, 0.2) is 24.3 Å². The molecule has 0 saturated heterocycles. The highest BCUT2D eigenvalue weighted by molar-refractivity contribution is 5.60. The Balaban J connectivity index is 3.29. The largest absolute Gasteiger partial charge is 0.506 e. The van der Waals surface area contributed by atoms with Crippen molar-refractivity contribution in [3.05, 3.63) is 24.3 Å². The van der Waals surface area contributed by atoms with Gasteiger partial charge in [-0.15, -0.1) is 0 Å². The Hall–Kier alpha value is -1.18. The summed E-state index contributed by atoms with van der Waals surface area (Å²) in [7, 11) is 0. The molecule has 0 amide bonds. The Kier molecular flexibility index (Phi) is 3.22. The zero-order valence-corrected chi connectivity index (χ0v) is 11.2. The molecule has 2 nitrogen and oxygen atoms in total. The van der Waals surface area contributed by atoms with Crippen LogP contribution >= 0.6 is 0 Å². The molecular formula is C14H23NO. The lowest BCUT2D eigenvalue weighted by molar-refractivity contribution is 0.371. The zero-order valence-electron chi connectivity index (χ0n) is 11.2. The number of phenols is 1. The van der Waals surface area contributed by atoms with Crippen LogP contribution < -0.4 is 4.90 Å². The van der Waals surface area contributed by atoms with E-state index in [2.05, 4.69) is 46.4 Å². The number of rotatable bonds is 1. The summed E-state index contributed by atoms with van der Waals surface area (Å²) in [6.45, 7) is 12.9. The van der Waals surface area contributed by atoms with Gasteiger partial charge in [-0.1, -0.05) is 12.1 Å². The summed E-state index contributed by atoms with van der Waals surface area (Å²) in [6.07, 6.45) is 0. The predicted octanol–water partition coefficient (Wildman–Crippen LogP) is 3.80. The van der Waals surface area contributed by atoms with E-state index in [0.29, 0.717) is 5.75 Å². The summed E-state index contributed by atoms with van der Waals surface area (Å²) >= 11 is 0. The topological polar surface area (TPSA) is 23.5 Å². The average molecular weight is 221 g/mol. The lowest BCUT2D eigenvalue weighted by Crippen LogP contribution is -2.53. The lowest BCUT2D eigenvalue weighted by Gasteiger charge is -2.47. The smallest absolute Gasteiger partial charge is 0.138 e. The molecule has 0 radical (unpaired) electrons. The molecule has 0 fully saturated rings. The first-order chi connectivity index (χ1) is 7.14. The van der Waals surface area contributed by atoms with Gasteiger partial charge in [0.25, 0.3) is 0 Å². The van der Waals surface area contributed by atoms with Crippen molar-refractivity contribution >= 4 is 5.69 Å². The van der Waals surface area contributed by atoms with E-state index in [9.17, 15) is 5.11 Å². The maximum absolute atomic E-state index is 9.97. The van der Waals surface area contributed by atoms with Gasteiger partial charge in [0.15, 0.2) is 0 Å². The molecule has 0 bridgehead atoms. The molecule has 0 aliphatic rings. The number of benzene rings is 1. The van der Waals surface area contributed by atoms with Gasteiger partial charge < -0.3 is 10.0 Å². The van der Waals surface area contributed by atoms with Gasteiger partial charge in [-0.2, -0.15) is 0 Å². The van der Waals surface area contributed by atoms with Crippen LogP contribution in [0.1, 0.15) is 41.5 Å². The van der Waals surface area contributed by atoms with Gasteiger partial charge in [0.1, 0.15) is 5.75 Å². The quantitative estimate of drug-likeness (QED) is 0.779. The highest BCUT2D eigenvalue weighted by atomic mass is 16.3. The molecule has 16 heavy (non-hydrogen) atoms. The van der Waals surface area contributed by atoms with Crippen molar-refractivity contribution in [2.45, 2.75) is 52.6 Å². The number of hydrogen-bond acceptors (Lipinski definition) is 2. The van der Waals surface area contributed by atoms with Crippen LogP contribution in [0.2, 0.25) is 0 Å². The summed E-state index contributed by atoms with van der Waals surface area (Å²) in [6, 6.07) is 7.51. The maximum atomic E-state index is 9.97. The molecule has 1 aromatic carbocycles. The second-order valence-electron chi connectivity index (χ2n) is 6.17. The molecule has 0 heterocycles. The van der Waals surface area contributed by atoms with E-state index in [1.165, 1.54) is 0 Å². The van der Waals surface area contributed by atoms with Crippen LogP contribution in [0.4, 0.5) is 5.69 Å². The van der Waals surface area contributed by atoms with Gasteiger partial charge in [0.05, 0.1) is 5.69 Å². The summed E-state index contributed by atoms with van der Waals surface area (Å²) < 4.78 is 0. The number of nitrogens with zero attached hydrogens (tertiary/aromatic N) is 1. The molecule has 0 saturated carbocycles. The molecule has 0 aliphatic heterocycles. The standard InChI is InChI=1S/C14H23NO/c1-13(2,3)15(14(4,5)6)11-9-7-8-10-12(11)16/h7-10,16H,1-6H3. The van der Waals surface area contributed by atoms with Crippen LogP contribution in [-0.2, 0) is 0 Å². The molecule has 0 unspecified atom stereocenters. The minimum absolute atomic E-state index is 0.0307. The SMILES string of the molecule is CC(C)(C)N(c1ccccc1O)C(C)(C)C. The molecule has 0 spiro atoms. The fourth-order valence-electron chi connectivity index (χ4n) is 2.38. The fraction of sp³-hybridized carbons (Fsp3) is 0.571. The van der Waals surface area contributed by atoms with Crippen molar-refractivity contribution in [2.24, 2.45) is 0 Å². The van der Waals surface area contributed by atoms with Crippen LogP contribution in [0.25, 0.3) is 0 Å². The first kappa shape index (κ1) is 12.9.